The van der Waals surface area contributed by atoms with E-state index in [0.29, 0.717) is 23.0 Å². The van der Waals surface area contributed by atoms with Crippen molar-refractivity contribution in [2.45, 2.75) is 0 Å². The van der Waals surface area contributed by atoms with Gasteiger partial charge in [-0.15, -0.1) is 0 Å². The average Bonchev–Trinajstić information content (AvgIpc) is 3.54. The van der Waals surface area contributed by atoms with E-state index in [0.717, 1.165) is 66.4 Å². The van der Waals surface area contributed by atoms with Crippen LogP contribution >= 0.6 is 0 Å². The molecule has 0 fully saturated rings. The Morgan fingerprint density at radius 1 is 0.442 bits per heavy atom. The van der Waals surface area contributed by atoms with Gasteiger partial charge in [0.05, 0.1) is 28.4 Å². The predicted octanol–water partition coefficient (Wildman–Crippen LogP) is 11.3. The van der Waals surface area contributed by atoms with E-state index in [1.54, 1.807) is 12.1 Å². The highest BCUT2D eigenvalue weighted by molar-refractivity contribution is 6.11. The first-order chi connectivity index (χ1) is 25.6. The van der Waals surface area contributed by atoms with Gasteiger partial charge < -0.3 is 4.57 Å². The van der Waals surface area contributed by atoms with Crippen LogP contribution in [-0.2, 0) is 0 Å². The first kappa shape index (κ1) is 30.8. The summed E-state index contributed by atoms with van der Waals surface area (Å²) in [6.45, 7) is 0. The molecule has 0 atom stereocenters. The quantitative estimate of drug-likeness (QED) is 0.177. The summed E-state index contributed by atoms with van der Waals surface area (Å²) in [5.74, 6) is 1.35. The lowest BCUT2D eigenvalue weighted by molar-refractivity contribution is 0.628. The Hall–Kier alpha value is -7.23. The molecule has 0 amide bonds. The maximum absolute atomic E-state index is 14.6. The fourth-order valence-electron chi connectivity index (χ4n) is 6.86. The minimum atomic E-state index is -0.300. The van der Waals surface area contributed by atoms with Crippen LogP contribution < -0.4 is 0 Å². The Labute approximate surface area is 299 Å². The number of nitriles is 1. The normalized spacial score (nSPS) is 11.2. The Bertz CT molecular complexity index is 2760. The number of hydrogen-bond donors (Lipinski definition) is 0. The minimum absolute atomic E-state index is 0.300. The molecule has 0 aliphatic carbocycles. The molecule has 0 unspecified atom stereocenters. The maximum atomic E-state index is 14.6. The molecule has 0 aliphatic rings. The molecule has 0 N–H and O–H groups in total. The molecule has 5 nitrogen and oxygen atoms in total. The van der Waals surface area contributed by atoms with Crippen LogP contribution in [0.25, 0.3) is 83.9 Å². The third-order valence-corrected chi connectivity index (χ3v) is 9.33. The van der Waals surface area contributed by atoms with E-state index < -0.39 is 0 Å². The molecule has 7 aromatic carbocycles. The molecule has 244 valence electrons. The number of nitrogens with zero attached hydrogens (tertiary/aromatic N) is 5. The summed E-state index contributed by atoms with van der Waals surface area (Å²) in [7, 11) is 0. The highest BCUT2D eigenvalue weighted by Crippen LogP contribution is 2.39. The molecule has 2 heterocycles. The van der Waals surface area contributed by atoms with Crippen LogP contribution in [0.2, 0.25) is 0 Å². The summed E-state index contributed by atoms with van der Waals surface area (Å²) in [5, 5.41) is 11.7. The average molecular weight is 670 g/mol. The van der Waals surface area contributed by atoms with Crippen LogP contribution in [0.15, 0.2) is 170 Å². The van der Waals surface area contributed by atoms with Crippen molar-refractivity contribution in [3.05, 3.63) is 181 Å². The standard InChI is InChI=1S/C46H28FN5/c47-37-18-10-17-34(26-37)36-21-23-39(46-50-44(31-12-3-1-4-13-31)49-45(51-46)32-14-5-2-6-15-32)43(28-36)52-41-20-8-7-19-38(41)40-27-35(22-24-42(40)52)33-16-9-11-30(25-33)29-48/h1-28H. The van der Waals surface area contributed by atoms with Crippen molar-refractivity contribution < 1.29 is 4.39 Å². The van der Waals surface area contributed by atoms with Crippen molar-refractivity contribution >= 4 is 21.8 Å². The van der Waals surface area contributed by atoms with Crippen LogP contribution in [-0.4, -0.2) is 19.5 Å². The van der Waals surface area contributed by atoms with Crippen LogP contribution in [0.4, 0.5) is 4.39 Å². The number of rotatable bonds is 6. The Balaban J connectivity index is 1.33. The highest BCUT2D eigenvalue weighted by atomic mass is 19.1. The van der Waals surface area contributed by atoms with E-state index in [-0.39, 0.29) is 5.82 Å². The topological polar surface area (TPSA) is 67.4 Å². The fourth-order valence-corrected chi connectivity index (χ4v) is 6.86. The second-order valence-corrected chi connectivity index (χ2v) is 12.6. The number of para-hydroxylation sites is 1. The first-order valence-electron chi connectivity index (χ1n) is 16.9. The third kappa shape index (κ3) is 5.57. The zero-order valence-electron chi connectivity index (χ0n) is 27.8. The van der Waals surface area contributed by atoms with Crippen LogP contribution in [0.5, 0.6) is 0 Å². The number of aromatic nitrogens is 4. The van der Waals surface area contributed by atoms with Gasteiger partial charge in [-0.05, 0) is 76.9 Å². The van der Waals surface area contributed by atoms with Crippen molar-refractivity contribution in [1.29, 1.82) is 5.26 Å². The van der Waals surface area contributed by atoms with Gasteiger partial charge in [0.25, 0.3) is 0 Å². The van der Waals surface area contributed by atoms with Crippen LogP contribution in [0.3, 0.4) is 0 Å². The largest absolute Gasteiger partial charge is 0.308 e. The molecule has 0 bridgehead atoms. The molecular formula is C46H28FN5. The number of fused-ring (bicyclic) bond motifs is 3. The van der Waals surface area contributed by atoms with E-state index in [2.05, 4.69) is 47.0 Å². The predicted molar refractivity (Wildman–Crippen MR) is 206 cm³/mol. The lowest BCUT2D eigenvalue weighted by atomic mass is 10.0. The van der Waals surface area contributed by atoms with E-state index in [1.807, 2.05) is 115 Å². The Kier molecular flexibility index (Phi) is 7.64. The van der Waals surface area contributed by atoms with Gasteiger partial charge in [0.15, 0.2) is 17.5 Å². The zero-order chi connectivity index (χ0) is 35.0. The van der Waals surface area contributed by atoms with Gasteiger partial charge in [0.2, 0.25) is 0 Å². The molecule has 52 heavy (non-hydrogen) atoms. The van der Waals surface area contributed by atoms with Crippen molar-refractivity contribution in [3.8, 4) is 68.2 Å². The van der Waals surface area contributed by atoms with E-state index in [9.17, 15) is 9.65 Å². The van der Waals surface area contributed by atoms with E-state index in [4.69, 9.17) is 15.0 Å². The van der Waals surface area contributed by atoms with E-state index in [1.165, 1.54) is 6.07 Å². The van der Waals surface area contributed by atoms with Gasteiger partial charge in [0, 0.05) is 27.5 Å². The summed E-state index contributed by atoms with van der Waals surface area (Å²) in [6, 6.07) is 57.3. The van der Waals surface area contributed by atoms with Gasteiger partial charge >= 0.3 is 0 Å². The second kappa shape index (κ2) is 12.9. The molecule has 9 aromatic rings. The first-order valence-corrected chi connectivity index (χ1v) is 16.9. The summed E-state index contributed by atoms with van der Waals surface area (Å²) < 4.78 is 16.8. The molecule has 0 saturated heterocycles. The van der Waals surface area contributed by atoms with Crippen LogP contribution in [0, 0.1) is 17.1 Å². The summed E-state index contributed by atoms with van der Waals surface area (Å²) in [5.41, 5.74) is 9.60. The molecular weight excluding hydrogens is 642 g/mol. The monoisotopic (exact) mass is 669 g/mol. The van der Waals surface area contributed by atoms with Gasteiger partial charge in [0.1, 0.15) is 5.82 Å². The van der Waals surface area contributed by atoms with Gasteiger partial charge in [-0.25, -0.2) is 19.3 Å². The number of hydrogen-bond acceptors (Lipinski definition) is 4. The SMILES string of the molecule is N#Cc1cccc(-c2ccc3c(c2)c2ccccc2n3-c2cc(-c3cccc(F)c3)ccc2-c2nc(-c3ccccc3)nc(-c3ccccc3)n2)c1. The molecule has 0 spiro atoms. The van der Waals surface area contributed by atoms with Crippen LogP contribution in [0.1, 0.15) is 5.56 Å². The summed E-state index contributed by atoms with van der Waals surface area (Å²) >= 11 is 0. The highest BCUT2D eigenvalue weighted by Gasteiger charge is 2.21. The molecule has 0 aliphatic heterocycles. The van der Waals surface area contributed by atoms with Crippen molar-refractivity contribution in [2.24, 2.45) is 0 Å². The van der Waals surface area contributed by atoms with Gasteiger partial charge in [-0.3, -0.25) is 0 Å². The number of halogens is 1. The van der Waals surface area contributed by atoms with Gasteiger partial charge in [-0.2, -0.15) is 5.26 Å². The molecule has 2 aromatic heterocycles. The van der Waals surface area contributed by atoms with Crippen molar-refractivity contribution in [1.82, 2.24) is 19.5 Å². The second-order valence-electron chi connectivity index (χ2n) is 12.6. The third-order valence-electron chi connectivity index (χ3n) is 9.33. The van der Waals surface area contributed by atoms with E-state index >= 15 is 0 Å². The lowest BCUT2D eigenvalue weighted by Crippen LogP contribution is -2.04. The minimum Gasteiger partial charge on any atom is -0.308 e. The summed E-state index contributed by atoms with van der Waals surface area (Å²) in [6.07, 6.45) is 0. The summed E-state index contributed by atoms with van der Waals surface area (Å²) in [4.78, 5) is 15.1. The zero-order valence-corrected chi connectivity index (χ0v) is 27.8. The fraction of sp³-hybridized carbons (Fsp3) is 0. The lowest BCUT2D eigenvalue weighted by Gasteiger charge is -2.16. The molecule has 0 saturated carbocycles. The van der Waals surface area contributed by atoms with Crippen molar-refractivity contribution in [3.63, 3.8) is 0 Å². The molecule has 9 rings (SSSR count). The Morgan fingerprint density at radius 3 is 1.71 bits per heavy atom. The number of benzene rings is 7. The van der Waals surface area contributed by atoms with Crippen molar-refractivity contribution in [2.75, 3.05) is 0 Å². The smallest absolute Gasteiger partial charge is 0.166 e. The van der Waals surface area contributed by atoms with Gasteiger partial charge in [-0.1, -0.05) is 115 Å². The molecule has 0 radical (unpaired) electrons. The maximum Gasteiger partial charge on any atom is 0.166 e. The molecule has 6 heteroatoms. The Morgan fingerprint density at radius 2 is 1.00 bits per heavy atom.